The molecule has 140 valence electrons. The Balaban J connectivity index is 1.61. The van der Waals surface area contributed by atoms with Crippen molar-refractivity contribution in [1.29, 1.82) is 0 Å². The number of nitrogens with one attached hydrogen (secondary N) is 1. The number of hydrogen-bond acceptors (Lipinski definition) is 7. The summed E-state index contributed by atoms with van der Waals surface area (Å²) < 4.78 is 15.6. The van der Waals surface area contributed by atoms with E-state index < -0.39 is 16.8 Å². The van der Waals surface area contributed by atoms with Crippen LogP contribution in [0.15, 0.2) is 42.5 Å². The van der Waals surface area contributed by atoms with Gasteiger partial charge in [-0.3, -0.25) is 19.7 Å². The van der Waals surface area contributed by atoms with Crippen LogP contribution in [0.3, 0.4) is 0 Å². The molecule has 0 atom stereocenters. The van der Waals surface area contributed by atoms with E-state index in [9.17, 15) is 19.7 Å². The average Bonchev–Trinajstić information content (AvgIpc) is 2.70. The highest BCUT2D eigenvalue weighted by molar-refractivity contribution is 5.95. The molecule has 9 nitrogen and oxygen atoms in total. The van der Waals surface area contributed by atoms with Crippen LogP contribution in [-0.2, 0) is 27.5 Å². The Labute approximate surface area is 154 Å². The summed E-state index contributed by atoms with van der Waals surface area (Å²) in [5, 5.41) is 13.5. The largest absolute Gasteiger partial charge is 0.467 e. The second-order valence-electron chi connectivity index (χ2n) is 5.67. The molecule has 1 aliphatic heterocycles. The predicted molar refractivity (Wildman–Crippen MR) is 92.0 cm³/mol. The monoisotopic (exact) mass is 372 g/mol. The lowest BCUT2D eigenvalue weighted by Gasteiger charge is -2.20. The van der Waals surface area contributed by atoms with Gasteiger partial charge in [-0.25, -0.2) is 0 Å². The van der Waals surface area contributed by atoms with E-state index in [1.807, 2.05) is 0 Å². The first-order valence-corrected chi connectivity index (χ1v) is 8.04. The van der Waals surface area contributed by atoms with Gasteiger partial charge >= 0.3 is 5.97 Å². The summed E-state index contributed by atoms with van der Waals surface area (Å²) in [5.41, 5.74) is 1.15. The molecule has 0 saturated carbocycles. The first-order chi connectivity index (χ1) is 13.0. The normalized spacial score (nSPS) is 12.4. The van der Waals surface area contributed by atoms with Crippen molar-refractivity contribution < 1.29 is 28.7 Å². The van der Waals surface area contributed by atoms with Crippen LogP contribution in [0, 0.1) is 10.1 Å². The van der Waals surface area contributed by atoms with Crippen LogP contribution in [0.1, 0.15) is 21.5 Å². The van der Waals surface area contributed by atoms with Gasteiger partial charge in [-0.2, -0.15) is 0 Å². The van der Waals surface area contributed by atoms with Gasteiger partial charge in [0.05, 0.1) is 11.5 Å². The van der Waals surface area contributed by atoms with Crippen molar-refractivity contribution in [3.05, 3.63) is 69.3 Å². The lowest BCUT2D eigenvalue weighted by atomic mass is 10.1. The highest BCUT2D eigenvalue weighted by Gasteiger charge is 2.21. The van der Waals surface area contributed by atoms with Crippen molar-refractivity contribution in [2.24, 2.45) is 0 Å². The summed E-state index contributed by atoms with van der Waals surface area (Å²) in [5.74, 6) is -0.666. The molecule has 1 N–H and O–H groups in total. The zero-order valence-corrected chi connectivity index (χ0v) is 14.2. The Bertz CT molecular complexity index is 868. The molecule has 2 aromatic rings. The fourth-order valence-electron chi connectivity index (χ4n) is 2.55. The van der Waals surface area contributed by atoms with Gasteiger partial charge in [-0.15, -0.1) is 0 Å². The van der Waals surface area contributed by atoms with Crippen LogP contribution in [0.5, 0.6) is 5.75 Å². The number of carbonyl (C=O) groups is 2. The van der Waals surface area contributed by atoms with Crippen LogP contribution in [0.2, 0.25) is 0 Å². The van der Waals surface area contributed by atoms with Gasteiger partial charge in [0, 0.05) is 28.8 Å². The first-order valence-electron chi connectivity index (χ1n) is 8.04. The highest BCUT2D eigenvalue weighted by atomic mass is 16.7. The first kappa shape index (κ1) is 18.3. The van der Waals surface area contributed by atoms with Crippen LogP contribution >= 0.6 is 0 Å². The number of non-ortho nitro benzene ring substituents is 1. The maximum absolute atomic E-state index is 11.9. The van der Waals surface area contributed by atoms with Crippen molar-refractivity contribution >= 4 is 17.6 Å². The maximum atomic E-state index is 11.9. The van der Waals surface area contributed by atoms with Gasteiger partial charge < -0.3 is 19.5 Å². The summed E-state index contributed by atoms with van der Waals surface area (Å²) in [4.78, 5) is 34.3. The van der Waals surface area contributed by atoms with Crippen molar-refractivity contribution in [3.63, 3.8) is 0 Å². The van der Waals surface area contributed by atoms with Crippen molar-refractivity contribution in [1.82, 2.24) is 5.32 Å². The Hall–Kier alpha value is -3.46. The minimum Gasteiger partial charge on any atom is -0.467 e. The van der Waals surface area contributed by atoms with E-state index in [-0.39, 0.29) is 32.2 Å². The van der Waals surface area contributed by atoms with E-state index in [0.29, 0.717) is 22.4 Å². The number of amides is 1. The number of ether oxygens (including phenoxy) is 3. The Morgan fingerprint density at radius 3 is 2.74 bits per heavy atom. The summed E-state index contributed by atoms with van der Waals surface area (Å²) in [6.07, 6.45) is 0. The summed E-state index contributed by atoms with van der Waals surface area (Å²) >= 11 is 0. The second kappa shape index (κ2) is 8.28. The van der Waals surface area contributed by atoms with Gasteiger partial charge in [-0.1, -0.05) is 18.2 Å². The molecule has 0 aliphatic carbocycles. The molecule has 0 radical (unpaired) electrons. The summed E-state index contributed by atoms with van der Waals surface area (Å²) in [7, 11) is 0. The van der Waals surface area contributed by atoms with E-state index in [1.54, 1.807) is 30.3 Å². The topological polar surface area (TPSA) is 117 Å². The molecule has 9 heteroatoms. The fraction of sp³-hybridized carbons (Fsp3) is 0.222. The predicted octanol–water partition coefficient (Wildman–Crippen LogP) is 1.93. The molecule has 3 rings (SSSR count). The van der Waals surface area contributed by atoms with Crippen molar-refractivity contribution in [2.75, 3.05) is 13.3 Å². The smallest absolute Gasteiger partial charge is 0.325 e. The number of nitro groups is 1. The zero-order valence-electron chi connectivity index (χ0n) is 14.2. The summed E-state index contributed by atoms with van der Waals surface area (Å²) in [6.45, 7) is -0.358. The van der Waals surface area contributed by atoms with Gasteiger partial charge in [-0.05, 0) is 12.1 Å². The number of nitrogens with zero attached hydrogens (tertiary/aromatic N) is 1. The number of nitro benzene ring substituents is 1. The van der Waals surface area contributed by atoms with Gasteiger partial charge in [0.1, 0.15) is 18.9 Å². The standard InChI is InChI=1S/C18H16N2O7/c21-16(8-19-18(22)12-4-2-1-3-5-12)26-10-14-7-15(20(23)24)6-13-9-25-11-27-17(13)14/h1-7H,8-11H2,(H,19,22). The molecule has 27 heavy (non-hydrogen) atoms. The van der Waals surface area contributed by atoms with Crippen LogP contribution < -0.4 is 10.1 Å². The van der Waals surface area contributed by atoms with Crippen molar-refractivity contribution in [3.8, 4) is 5.75 Å². The SMILES string of the molecule is O=C(CNC(=O)c1ccccc1)OCc1cc([N+](=O)[O-])cc2c1OCOC2. The lowest BCUT2D eigenvalue weighted by Crippen LogP contribution is -2.30. The second-order valence-corrected chi connectivity index (χ2v) is 5.67. The average molecular weight is 372 g/mol. The molecule has 0 unspecified atom stereocenters. The third-order valence-corrected chi connectivity index (χ3v) is 3.80. The molecule has 0 aromatic heterocycles. The third-order valence-electron chi connectivity index (χ3n) is 3.80. The molecule has 0 fully saturated rings. The molecule has 2 aromatic carbocycles. The summed E-state index contributed by atoms with van der Waals surface area (Å²) in [6, 6.07) is 11.1. The number of esters is 1. The van der Waals surface area contributed by atoms with Gasteiger partial charge in [0.2, 0.25) is 0 Å². The number of benzene rings is 2. The molecule has 0 saturated heterocycles. The number of hydrogen-bond donors (Lipinski definition) is 1. The quantitative estimate of drug-likeness (QED) is 0.468. The Morgan fingerprint density at radius 1 is 1.22 bits per heavy atom. The Morgan fingerprint density at radius 2 is 2.00 bits per heavy atom. The number of rotatable bonds is 6. The van der Waals surface area contributed by atoms with Crippen molar-refractivity contribution in [2.45, 2.75) is 13.2 Å². The van der Waals surface area contributed by atoms with Crippen LogP contribution in [0.4, 0.5) is 5.69 Å². The zero-order chi connectivity index (χ0) is 19.2. The molecule has 0 spiro atoms. The van der Waals surface area contributed by atoms with E-state index in [0.717, 1.165) is 0 Å². The highest BCUT2D eigenvalue weighted by Crippen LogP contribution is 2.33. The van der Waals surface area contributed by atoms with E-state index in [2.05, 4.69) is 5.32 Å². The van der Waals surface area contributed by atoms with E-state index in [4.69, 9.17) is 14.2 Å². The minimum absolute atomic E-state index is 0.0128. The molecular weight excluding hydrogens is 356 g/mol. The third kappa shape index (κ3) is 4.59. The van der Waals surface area contributed by atoms with E-state index in [1.165, 1.54) is 12.1 Å². The maximum Gasteiger partial charge on any atom is 0.325 e. The van der Waals surface area contributed by atoms with Crippen LogP contribution in [0.25, 0.3) is 0 Å². The van der Waals surface area contributed by atoms with Gasteiger partial charge in [0.15, 0.2) is 6.79 Å². The molecular formula is C18H16N2O7. The molecule has 0 bridgehead atoms. The minimum atomic E-state index is -0.674. The molecule has 1 heterocycles. The molecule has 1 aliphatic rings. The number of fused-ring (bicyclic) bond motifs is 1. The molecule has 1 amide bonds. The Kier molecular flexibility index (Phi) is 5.62. The van der Waals surface area contributed by atoms with E-state index >= 15 is 0 Å². The van der Waals surface area contributed by atoms with Crippen LogP contribution in [-0.4, -0.2) is 30.1 Å². The lowest BCUT2D eigenvalue weighted by molar-refractivity contribution is -0.385. The number of carbonyl (C=O) groups excluding carboxylic acids is 2. The van der Waals surface area contributed by atoms with Gasteiger partial charge in [0.25, 0.3) is 11.6 Å². The fourth-order valence-corrected chi connectivity index (χ4v) is 2.55.